The van der Waals surface area contributed by atoms with Crippen molar-refractivity contribution in [1.82, 2.24) is 0 Å². The van der Waals surface area contributed by atoms with Crippen LogP contribution in [0.25, 0.3) is 55.4 Å². The molecule has 0 N–H and O–H groups in total. The zero-order chi connectivity index (χ0) is 22.2. The van der Waals surface area contributed by atoms with Gasteiger partial charge in [-0.2, -0.15) is 0 Å². The Morgan fingerprint density at radius 1 is 0.485 bits per heavy atom. The number of aromatic nitrogens is 1. The number of hydrogen-bond donors (Lipinski definition) is 0. The van der Waals surface area contributed by atoms with Gasteiger partial charge < -0.3 is 0 Å². The SMILES string of the molecule is C[n+]1ccccc1-c1cc(-c2ccc3ccccc3c2)[o+]c(-c2ccc3ccccc3c2)c1. The molecule has 2 heterocycles. The maximum absolute atomic E-state index is 6.54. The molecule has 0 amide bonds. The van der Waals surface area contributed by atoms with Gasteiger partial charge in [0.05, 0.1) is 28.8 Å². The van der Waals surface area contributed by atoms with E-state index in [0.29, 0.717) is 0 Å². The van der Waals surface area contributed by atoms with E-state index in [0.717, 1.165) is 33.9 Å². The molecule has 0 saturated heterocycles. The Morgan fingerprint density at radius 2 is 1.00 bits per heavy atom. The van der Waals surface area contributed by atoms with Crippen molar-refractivity contribution in [2.75, 3.05) is 0 Å². The number of pyridine rings is 1. The third-order valence-corrected chi connectivity index (χ3v) is 6.21. The Kier molecular flexibility index (Phi) is 4.70. The van der Waals surface area contributed by atoms with Gasteiger partial charge in [-0.1, -0.05) is 60.7 Å². The Labute approximate surface area is 193 Å². The molecule has 4 aromatic carbocycles. The first-order valence-corrected chi connectivity index (χ1v) is 11.2. The number of fused-ring (bicyclic) bond motifs is 2. The summed E-state index contributed by atoms with van der Waals surface area (Å²) in [6.07, 6.45) is 2.07. The van der Waals surface area contributed by atoms with Gasteiger partial charge in [0.2, 0.25) is 5.69 Å². The maximum atomic E-state index is 6.54. The van der Waals surface area contributed by atoms with Crippen LogP contribution in [-0.2, 0) is 7.05 Å². The summed E-state index contributed by atoms with van der Waals surface area (Å²) in [4.78, 5) is 0. The average Bonchev–Trinajstić information content (AvgIpc) is 2.88. The van der Waals surface area contributed by atoms with Crippen molar-refractivity contribution >= 4 is 21.5 Å². The Bertz CT molecular complexity index is 1540. The third kappa shape index (κ3) is 3.66. The molecule has 0 radical (unpaired) electrons. The van der Waals surface area contributed by atoms with Crippen LogP contribution in [0.15, 0.2) is 126 Å². The molecule has 0 bridgehead atoms. The van der Waals surface area contributed by atoms with E-state index in [2.05, 4.69) is 127 Å². The lowest BCUT2D eigenvalue weighted by atomic mass is 10.0. The third-order valence-electron chi connectivity index (χ3n) is 6.21. The van der Waals surface area contributed by atoms with Crippen LogP contribution in [-0.4, -0.2) is 0 Å². The van der Waals surface area contributed by atoms with Crippen molar-refractivity contribution < 1.29 is 8.98 Å². The summed E-state index contributed by atoms with van der Waals surface area (Å²) in [5, 5.41) is 4.85. The summed E-state index contributed by atoms with van der Waals surface area (Å²) in [5.41, 5.74) is 4.39. The van der Waals surface area contributed by atoms with Gasteiger partial charge in [-0.15, -0.1) is 0 Å². The van der Waals surface area contributed by atoms with Gasteiger partial charge in [0.1, 0.15) is 7.05 Å². The van der Waals surface area contributed by atoms with E-state index < -0.39 is 0 Å². The fraction of sp³-hybridized carbons (Fsp3) is 0.0323. The minimum atomic E-state index is 0.852. The van der Waals surface area contributed by atoms with Crippen molar-refractivity contribution in [3.63, 3.8) is 0 Å². The standard InChI is InChI=1S/C31H23NO/c1-32-17-7-6-12-29(32)28-20-30(26-15-13-22-8-2-4-10-24(22)18-26)33-31(21-28)27-16-14-23-9-3-5-11-25(23)19-27/h2-21H,1H3/q+2. The molecule has 6 aromatic rings. The molecular formula is C31H23NO+2. The molecule has 0 spiro atoms. The smallest absolute Gasteiger partial charge is 0.207 e. The number of nitrogens with zero attached hydrogens (tertiary/aromatic N) is 1. The largest absolute Gasteiger partial charge is 0.361 e. The lowest BCUT2D eigenvalue weighted by molar-refractivity contribution is -0.660. The number of hydrogen-bond acceptors (Lipinski definition) is 0. The molecule has 0 unspecified atom stereocenters. The van der Waals surface area contributed by atoms with E-state index in [1.807, 2.05) is 6.07 Å². The Balaban J connectivity index is 1.58. The molecule has 2 heteroatoms. The predicted octanol–water partition coefficient (Wildman–Crippen LogP) is 7.69. The van der Waals surface area contributed by atoms with Gasteiger partial charge in [-0.25, -0.2) is 8.98 Å². The minimum Gasteiger partial charge on any atom is -0.207 e. The van der Waals surface area contributed by atoms with Crippen LogP contribution in [0.2, 0.25) is 0 Å². The van der Waals surface area contributed by atoms with Crippen LogP contribution in [0.4, 0.5) is 0 Å². The van der Waals surface area contributed by atoms with E-state index >= 15 is 0 Å². The molecule has 6 rings (SSSR count). The fourth-order valence-electron chi connectivity index (χ4n) is 4.44. The average molecular weight is 426 g/mol. The van der Waals surface area contributed by atoms with Gasteiger partial charge in [-0.05, 0) is 51.9 Å². The van der Waals surface area contributed by atoms with Crippen molar-refractivity contribution in [3.05, 3.63) is 121 Å². The Hall–Kier alpha value is -4.30. The quantitative estimate of drug-likeness (QED) is 0.209. The van der Waals surface area contributed by atoms with Crippen LogP contribution >= 0.6 is 0 Å². The zero-order valence-corrected chi connectivity index (χ0v) is 18.4. The molecular weight excluding hydrogens is 402 g/mol. The first kappa shape index (κ1) is 19.4. The predicted molar refractivity (Wildman–Crippen MR) is 136 cm³/mol. The molecule has 0 aliphatic carbocycles. The van der Waals surface area contributed by atoms with Crippen molar-refractivity contribution in [2.45, 2.75) is 0 Å². The van der Waals surface area contributed by atoms with E-state index in [1.165, 1.54) is 21.5 Å². The second kappa shape index (κ2) is 7.99. The summed E-state index contributed by atoms with van der Waals surface area (Å²) >= 11 is 0. The molecule has 2 nitrogen and oxygen atoms in total. The van der Waals surface area contributed by atoms with E-state index in [9.17, 15) is 0 Å². The van der Waals surface area contributed by atoms with Crippen LogP contribution < -0.4 is 4.57 Å². The fourth-order valence-corrected chi connectivity index (χ4v) is 4.44. The first-order chi connectivity index (χ1) is 16.2. The van der Waals surface area contributed by atoms with Crippen molar-refractivity contribution in [2.24, 2.45) is 7.05 Å². The molecule has 156 valence electrons. The molecule has 2 aromatic heterocycles. The summed E-state index contributed by atoms with van der Waals surface area (Å²) in [7, 11) is 2.07. The van der Waals surface area contributed by atoms with E-state index in [1.54, 1.807) is 0 Å². The lowest BCUT2D eigenvalue weighted by Gasteiger charge is -2.03. The second-order valence-corrected chi connectivity index (χ2v) is 8.40. The summed E-state index contributed by atoms with van der Waals surface area (Å²) in [6.45, 7) is 0. The van der Waals surface area contributed by atoms with Crippen LogP contribution in [0.5, 0.6) is 0 Å². The van der Waals surface area contributed by atoms with Gasteiger partial charge in [0.15, 0.2) is 6.20 Å². The van der Waals surface area contributed by atoms with E-state index in [-0.39, 0.29) is 0 Å². The van der Waals surface area contributed by atoms with Crippen LogP contribution in [0, 0.1) is 0 Å². The highest BCUT2D eigenvalue weighted by atomic mass is 16.3. The maximum Gasteiger partial charge on any atom is 0.361 e. The monoisotopic (exact) mass is 425 g/mol. The molecule has 0 aliphatic heterocycles. The van der Waals surface area contributed by atoms with Crippen LogP contribution in [0.1, 0.15) is 0 Å². The van der Waals surface area contributed by atoms with E-state index in [4.69, 9.17) is 4.42 Å². The second-order valence-electron chi connectivity index (χ2n) is 8.40. The van der Waals surface area contributed by atoms with Gasteiger partial charge in [0.25, 0.3) is 0 Å². The number of rotatable bonds is 3. The van der Waals surface area contributed by atoms with Crippen molar-refractivity contribution in [1.29, 1.82) is 0 Å². The highest BCUT2D eigenvalue weighted by Gasteiger charge is 2.24. The topological polar surface area (TPSA) is 15.2 Å². The normalized spacial score (nSPS) is 11.2. The highest BCUT2D eigenvalue weighted by molar-refractivity contribution is 5.88. The first-order valence-electron chi connectivity index (χ1n) is 11.2. The summed E-state index contributed by atoms with van der Waals surface area (Å²) < 4.78 is 8.68. The van der Waals surface area contributed by atoms with Gasteiger partial charge in [-0.3, -0.25) is 0 Å². The number of benzene rings is 4. The molecule has 0 fully saturated rings. The minimum absolute atomic E-state index is 0.852. The zero-order valence-electron chi connectivity index (χ0n) is 18.4. The summed E-state index contributed by atoms with van der Waals surface area (Å²) in [5.74, 6) is 1.70. The molecule has 0 aliphatic rings. The Morgan fingerprint density at radius 3 is 1.55 bits per heavy atom. The number of aryl methyl sites for hydroxylation is 1. The molecule has 0 atom stereocenters. The van der Waals surface area contributed by atoms with Crippen molar-refractivity contribution in [3.8, 4) is 33.9 Å². The summed E-state index contributed by atoms with van der Waals surface area (Å²) in [6, 6.07) is 40.4. The highest BCUT2D eigenvalue weighted by Crippen LogP contribution is 2.34. The van der Waals surface area contributed by atoms with Gasteiger partial charge in [0, 0.05) is 12.1 Å². The lowest BCUT2D eigenvalue weighted by Crippen LogP contribution is -2.29. The van der Waals surface area contributed by atoms with Gasteiger partial charge >= 0.3 is 11.5 Å². The van der Waals surface area contributed by atoms with Crippen LogP contribution in [0.3, 0.4) is 0 Å². The molecule has 33 heavy (non-hydrogen) atoms. The molecule has 0 saturated carbocycles.